The molecule has 0 aliphatic heterocycles. The molecule has 0 saturated carbocycles. The van der Waals surface area contributed by atoms with E-state index in [1.54, 1.807) is 0 Å². The van der Waals surface area contributed by atoms with Crippen molar-refractivity contribution in [3.8, 4) is 0 Å². The number of benzene rings is 1. The van der Waals surface area contributed by atoms with Crippen LogP contribution in [0.3, 0.4) is 0 Å². The second kappa shape index (κ2) is 5.80. The summed E-state index contributed by atoms with van der Waals surface area (Å²) in [7, 11) is 1.89. The minimum atomic E-state index is 0.0619. The van der Waals surface area contributed by atoms with Gasteiger partial charge in [-0.1, -0.05) is 37.6 Å². The van der Waals surface area contributed by atoms with Crippen molar-refractivity contribution >= 4 is 5.78 Å². The molecule has 1 aromatic carbocycles. The van der Waals surface area contributed by atoms with Crippen LogP contribution < -0.4 is 5.32 Å². The second-order valence-electron chi connectivity index (χ2n) is 4.64. The number of hydrogen-bond acceptors (Lipinski definition) is 2. The fourth-order valence-corrected chi connectivity index (χ4v) is 1.86. The summed E-state index contributed by atoms with van der Waals surface area (Å²) >= 11 is 0. The number of Topliss-reactive ketones (excluding diaryl/α,β-unsaturated/α-hetero) is 1. The van der Waals surface area contributed by atoms with Crippen molar-refractivity contribution in [3.05, 3.63) is 35.4 Å². The summed E-state index contributed by atoms with van der Waals surface area (Å²) in [5.74, 6) is 0.667. The van der Waals surface area contributed by atoms with E-state index in [4.69, 9.17) is 0 Å². The van der Waals surface area contributed by atoms with E-state index in [0.29, 0.717) is 5.92 Å². The van der Waals surface area contributed by atoms with Crippen LogP contribution in [0.4, 0.5) is 0 Å². The first-order chi connectivity index (χ1) is 7.56. The van der Waals surface area contributed by atoms with Crippen LogP contribution in [-0.4, -0.2) is 19.4 Å². The minimum Gasteiger partial charge on any atom is -0.319 e. The van der Waals surface area contributed by atoms with Gasteiger partial charge in [-0.15, -0.1) is 0 Å². The van der Waals surface area contributed by atoms with Crippen molar-refractivity contribution in [2.24, 2.45) is 11.8 Å². The van der Waals surface area contributed by atoms with Crippen LogP contribution in [0, 0.1) is 18.8 Å². The molecule has 0 aliphatic carbocycles. The Kier molecular flexibility index (Phi) is 4.69. The lowest BCUT2D eigenvalue weighted by Crippen LogP contribution is -2.30. The van der Waals surface area contributed by atoms with Gasteiger partial charge in [0, 0.05) is 18.0 Å². The van der Waals surface area contributed by atoms with Gasteiger partial charge in [0.1, 0.15) is 0 Å². The highest BCUT2D eigenvalue weighted by Gasteiger charge is 2.22. The zero-order valence-electron chi connectivity index (χ0n) is 10.6. The number of ketones is 1. The van der Waals surface area contributed by atoms with Crippen LogP contribution >= 0.6 is 0 Å². The van der Waals surface area contributed by atoms with E-state index in [1.807, 2.05) is 38.2 Å². The van der Waals surface area contributed by atoms with Gasteiger partial charge in [-0.3, -0.25) is 4.79 Å². The Bertz CT molecular complexity index is 358. The summed E-state index contributed by atoms with van der Waals surface area (Å²) in [5.41, 5.74) is 1.96. The molecule has 0 fully saturated rings. The van der Waals surface area contributed by atoms with E-state index in [0.717, 1.165) is 17.7 Å². The maximum absolute atomic E-state index is 12.3. The van der Waals surface area contributed by atoms with Gasteiger partial charge in [0.05, 0.1) is 0 Å². The standard InChI is InChI=1S/C14H21NO/c1-10(2)13(9-15-4)14(16)12-7-5-6-11(3)8-12/h5-8,10,13,15H,9H2,1-4H3. The summed E-state index contributed by atoms with van der Waals surface area (Å²) in [4.78, 5) is 12.3. The molecule has 0 heterocycles. The van der Waals surface area contributed by atoms with E-state index in [2.05, 4.69) is 19.2 Å². The highest BCUT2D eigenvalue weighted by Crippen LogP contribution is 2.17. The first-order valence-electron chi connectivity index (χ1n) is 5.81. The van der Waals surface area contributed by atoms with Crippen LogP contribution in [-0.2, 0) is 0 Å². The molecule has 0 aromatic heterocycles. The smallest absolute Gasteiger partial charge is 0.167 e. The van der Waals surface area contributed by atoms with E-state index in [-0.39, 0.29) is 11.7 Å². The van der Waals surface area contributed by atoms with Crippen LogP contribution in [0.5, 0.6) is 0 Å². The zero-order valence-corrected chi connectivity index (χ0v) is 10.6. The number of rotatable bonds is 5. The predicted octanol–water partition coefficient (Wildman–Crippen LogP) is 2.67. The zero-order chi connectivity index (χ0) is 12.1. The Balaban J connectivity index is 2.90. The molecule has 88 valence electrons. The largest absolute Gasteiger partial charge is 0.319 e. The van der Waals surface area contributed by atoms with Crippen LogP contribution in [0.15, 0.2) is 24.3 Å². The molecule has 16 heavy (non-hydrogen) atoms. The predicted molar refractivity (Wildman–Crippen MR) is 67.8 cm³/mol. The number of hydrogen-bond donors (Lipinski definition) is 1. The fraction of sp³-hybridized carbons (Fsp3) is 0.500. The fourth-order valence-electron chi connectivity index (χ4n) is 1.86. The van der Waals surface area contributed by atoms with E-state index < -0.39 is 0 Å². The van der Waals surface area contributed by atoms with Gasteiger partial charge < -0.3 is 5.32 Å². The third kappa shape index (κ3) is 3.17. The Morgan fingerprint density at radius 1 is 1.38 bits per heavy atom. The van der Waals surface area contributed by atoms with E-state index >= 15 is 0 Å². The van der Waals surface area contributed by atoms with Crippen molar-refractivity contribution in [3.63, 3.8) is 0 Å². The van der Waals surface area contributed by atoms with Gasteiger partial charge in [-0.2, -0.15) is 0 Å². The van der Waals surface area contributed by atoms with Crippen molar-refractivity contribution in [1.82, 2.24) is 5.32 Å². The molecule has 0 bridgehead atoms. The third-order valence-corrected chi connectivity index (χ3v) is 2.87. The number of carbonyl (C=O) groups excluding carboxylic acids is 1. The molecule has 2 nitrogen and oxygen atoms in total. The van der Waals surface area contributed by atoms with E-state index in [9.17, 15) is 4.79 Å². The maximum Gasteiger partial charge on any atom is 0.167 e. The monoisotopic (exact) mass is 219 g/mol. The Morgan fingerprint density at radius 3 is 2.56 bits per heavy atom. The summed E-state index contributed by atoms with van der Waals surface area (Å²) in [6, 6.07) is 7.83. The van der Waals surface area contributed by atoms with Crippen LogP contribution in [0.1, 0.15) is 29.8 Å². The Morgan fingerprint density at radius 2 is 2.06 bits per heavy atom. The van der Waals surface area contributed by atoms with Gasteiger partial charge in [0.2, 0.25) is 0 Å². The summed E-state index contributed by atoms with van der Waals surface area (Å²) in [6.07, 6.45) is 0. The van der Waals surface area contributed by atoms with Crippen LogP contribution in [0.25, 0.3) is 0 Å². The molecule has 0 radical (unpaired) electrons. The topological polar surface area (TPSA) is 29.1 Å². The van der Waals surface area contributed by atoms with Crippen molar-refractivity contribution in [1.29, 1.82) is 0 Å². The van der Waals surface area contributed by atoms with Crippen molar-refractivity contribution in [2.75, 3.05) is 13.6 Å². The highest BCUT2D eigenvalue weighted by atomic mass is 16.1. The van der Waals surface area contributed by atoms with Gasteiger partial charge in [0.15, 0.2) is 5.78 Å². The lowest BCUT2D eigenvalue weighted by Gasteiger charge is -2.19. The lowest BCUT2D eigenvalue weighted by atomic mass is 9.87. The number of carbonyl (C=O) groups is 1. The van der Waals surface area contributed by atoms with Gasteiger partial charge in [-0.25, -0.2) is 0 Å². The van der Waals surface area contributed by atoms with Crippen molar-refractivity contribution < 1.29 is 4.79 Å². The highest BCUT2D eigenvalue weighted by molar-refractivity contribution is 5.98. The maximum atomic E-state index is 12.3. The third-order valence-electron chi connectivity index (χ3n) is 2.87. The SMILES string of the molecule is CNCC(C(=O)c1cccc(C)c1)C(C)C. The molecule has 1 N–H and O–H groups in total. The molecule has 1 unspecified atom stereocenters. The molecule has 1 aromatic rings. The molecular formula is C14H21NO. The first-order valence-corrected chi connectivity index (χ1v) is 5.81. The molecule has 2 heteroatoms. The summed E-state index contributed by atoms with van der Waals surface area (Å²) in [5, 5.41) is 3.09. The molecule has 0 aliphatic rings. The molecule has 0 amide bonds. The van der Waals surface area contributed by atoms with Gasteiger partial charge in [0.25, 0.3) is 0 Å². The quantitative estimate of drug-likeness (QED) is 0.771. The normalized spacial score (nSPS) is 12.8. The van der Waals surface area contributed by atoms with E-state index in [1.165, 1.54) is 0 Å². The first kappa shape index (κ1) is 12.9. The second-order valence-corrected chi connectivity index (χ2v) is 4.64. The number of aryl methyl sites for hydroxylation is 1. The Hall–Kier alpha value is -1.15. The van der Waals surface area contributed by atoms with Crippen molar-refractivity contribution in [2.45, 2.75) is 20.8 Å². The van der Waals surface area contributed by atoms with Gasteiger partial charge >= 0.3 is 0 Å². The Labute approximate surface area is 98.1 Å². The number of nitrogens with one attached hydrogen (secondary N) is 1. The summed E-state index contributed by atoms with van der Waals surface area (Å²) < 4.78 is 0. The van der Waals surface area contributed by atoms with Gasteiger partial charge in [-0.05, 0) is 26.0 Å². The molecule has 0 spiro atoms. The average molecular weight is 219 g/mol. The lowest BCUT2D eigenvalue weighted by molar-refractivity contribution is 0.0886. The average Bonchev–Trinajstić information content (AvgIpc) is 2.24. The van der Waals surface area contributed by atoms with Crippen LogP contribution in [0.2, 0.25) is 0 Å². The molecule has 0 saturated heterocycles. The molecule has 1 atom stereocenters. The minimum absolute atomic E-state index is 0.0619. The molecular weight excluding hydrogens is 198 g/mol. The molecule has 1 rings (SSSR count). The summed E-state index contributed by atoms with van der Waals surface area (Å²) in [6.45, 7) is 6.94.